The van der Waals surface area contributed by atoms with Crippen molar-refractivity contribution in [2.24, 2.45) is 5.73 Å². The number of carbonyl (C=O) groups excluding carboxylic acids is 1. The molecule has 0 aromatic rings. The maximum atomic E-state index is 11.1. The second-order valence-corrected chi connectivity index (χ2v) is 3.39. The highest BCUT2D eigenvalue weighted by Gasteiger charge is 2.21. The van der Waals surface area contributed by atoms with Gasteiger partial charge in [-0.05, 0) is 12.8 Å². The van der Waals surface area contributed by atoms with Crippen LogP contribution in [-0.4, -0.2) is 43.2 Å². The number of hydrogen-bond donors (Lipinski definition) is 1. The summed E-state index contributed by atoms with van der Waals surface area (Å²) in [4.78, 5) is 12.9. The normalized spacial score (nSPS) is 23.2. The number of rotatable bonds is 3. The number of hydrogen-bond acceptors (Lipinski definition) is 3. The predicted octanol–water partition coefficient (Wildman–Crippen LogP) is -0.0274. The standard InChI is InChI=1S/C9H18N2O2/c1-8(12)11-5-2-3-9(7-11)13-6-4-10/h9H,2-7,10H2,1H3/t9-/m0/s1. The molecule has 4 nitrogen and oxygen atoms in total. The van der Waals surface area contributed by atoms with Crippen LogP contribution >= 0.6 is 0 Å². The maximum Gasteiger partial charge on any atom is 0.219 e. The van der Waals surface area contributed by atoms with Gasteiger partial charge in [0.15, 0.2) is 0 Å². The molecular weight excluding hydrogens is 168 g/mol. The molecule has 0 aromatic heterocycles. The van der Waals surface area contributed by atoms with Gasteiger partial charge in [-0.1, -0.05) is 0 Å². The Kier molecular flexibility index (Phi) is 4.18. The van der Waals surface area contributed by atoms with Gasteiger partial charge in [-0.25, -0.2) is 0 Å². The van der Waals surface area contributed by atoms with Gasteiger partial charge in [-0.15, -0.1) is 0 Å². The highest BCUT2D eigenvalue weighted by molar-refractivity contribution is 5.73. The summed E-state index contributed by atoms with van der Waals surface area (Å²) in [6.45, 7) is 4.35. The minimum absolute atomic E-state index is 0.140. The number of amides is 1. The first-order valence-electron chi connectivity index (χ1n) is 4.81. The van der Waals surface area contributed by atoms with Gasteiger partial charge in [0, 0.05) is 26.6 Å². The number of carbonyl (C=O) groups is 1. The Morgan fingerprint density at radius 3 is 3.08 bits per heavy atom. The van der Waals surface area contributed by atoms with E-state index in [0.29, 0.717) is 13.2 Å². The number of nitrogens with zero attached hydrogens (tertiary/aromatic N) is 1. The molecule has 0 aromatic carbocycles. The lowest BCUT2D eigenvalue weighted by molar-refractivity contribution is -0.132. The zero-order chi connectivity index (χ0) is 9.68. The smallest absolute Gasteiger partial charge is 0.219 e. The highest BCUT2D eigenvalue weighted by atomic mass is 16.5. The summed E-state index contributed by atoms with van der Waals surface area (Å²) >= 11 is 0. The van der Waals surface area contributed by atoms with Gasteiger partial charge >= 0.3 is 0 Å². The summed E-state index contributed by atoms with van der Waals surface area (Å²) in [6, 6.07) is 0. The Labute approximate surface area is 79.0 Å². The van der Waals surface area contributed by atoms with Crippen LogP contribution in [0.2, 0.25) is 0 Å². The summed E-state index contributed by atoms with van der Waals surface area (Å²) in [7, 11) is 0. The van der Waals surface area contributed by atoms with E-state index in [9.17, 15) is 4.79 Å². The molecule has 1 heterocycles. The lowest BCUT2D eigenvalue weighted by Gasteiger charge is -2.31. The molecule has 1 aliphatic rings. The Morgan fingerprint density at radius 1 is 1.69 bits per heavy atom. The van der Waals surface area contributed by atoms with E-state index in [1.807, 2.05) is 4.90 Å². The fourth-order valence-electron chi connectivity index (χ4n) is 1.59. The van der Waals surface area contributed by atoms with Crippen molar-refractivity contribution >= 4 is 5.91 Å². The summed E-state index contributed by atoms with van der Waals surface area (Å²) < 4.78 is 5.49. The first kappa shape index (κ1) is 10.5. The van der Waals surface area contributed by atoms with E-state index < -0.39 is 0 Å². The zero-order valence-corrected chi connectivity index (χ0v) is 8.16. The van der Waals surface area contributed by atoms with Crippen LogP contribution in [0.15, 0.2) is 0 Å². The van der Waals surface area contributed by atoms with Crippen LogP contribution in [0.3, 0.4) is 0 Å². The van der Waals surface area contributed by atoms with E-state index in [1.165, 1.54) is 0 Å². The molecule has 1 atom stereocenters. The number of likely N-dealkylation sites (tertiary alicyclic amines) is 1. The number of piperidine rings is 1. The molecule has 1 rings (SSSR count). The summed E-state index contributed by atoms with van der Waals surface area (Å²) in [5.74, 6) is 0.140. The van der Waals surface area contributed by atoms with Gasteiger partial charge in [0.2, 0.25) is 5.91 Å². The molecule has 1 saturated heterocycles. The maximum absolute atomic E-state index is 11.1. The van der Waals surface area contributed by atoms with Crippen LogP contribution in [-0.2, 0) is 9.53 Å². The average molecular weight is 186 g/mol. The topological polar surface area (TPSA) is 55.6 Å². The molecule has 0 aliphatic carbocycles. The fraction of sp³-hybridized carbons (Fsp3) is 0.889. The van der Waals surface area contributed by atoms with Crippen LogP contribution < -0.4 is 5.73 Å². The first-order chi connectivity index (χ1) is 6.24. The second kappa shape index (κ2) is 5.19. The lowest BCUT2D eigenvalue weighted by Crippen LogP contribution is -2.42. The van der Waals surface area contributed by atoms with Gasteiger partial charge in [0.1, 0.15) is 0 Å². The van der Waals surface area contributed by atoms with Crippen molar-refractivity contribution in [1.82, 2.24) is 4.90 Å². The second-order valence-electron chi connectivity index (χ2n) is 3.39. The van der Waals surface area contributed by atoms with Gasteiger partial charge in [0.25, 0.3) is 0 Å². The number of ether oxygens (including phenoxy) is 1. The van der Waals surface area contributed by atoms with Gasteiger partial charge < -0.3 is 15.4 Å². The molecule has 13 heavy (non-hydrogen) atoms. The molecule has 4 heteroatoms. The number of nitrogens with two attached hydrogens (primary N) is 1. The van der Waals surface area contributed by atoms with E-state index in [4.69, 9.17) is 10.5 Å². The van der Waals surface area contributed by atoms with Crippen LogP contribution in [0.5, 0.6) is 0 Å². The van der Waals surface area contributed by atoms with Crippen molar-refractivity contribution < 1.29 is 9.53 Å². The Bertz CT molecular complexity index is 173. The molecule has 1 fully saturated rings. The van der Waals surface area contributed by atoms with E-state index in [1.54, 1.807) is 6.92 Å². The molecule has 0 bridgehead atoms. The minimum atomic E-state index is 0.140. The molecule has 0 radical (unpaired) electrons. The third-order valence-corrected chi connectivity index (χ3v) is 2.29. The molecule has 0 unspecified atom stereocenters. The summed E-state index contributed by atoms with van der Waals surface area (Å²) in [6.07, 6.45) is 2.28. The lowest BCUT2D eigenvalue weighted by atomic mass is 10.1. The van der Waals surface area contributed by atoms with Crippen molar-refractivity contribution in [2.75, 3.05) is 26.2 Å². The third-order valence-electron chi connectivity index (χ3n) is 2.29. The molecule has 1 aliphatic heterocycles. The molecule has 76 valence electrons. The SMILES string of the molecule is CC(=O)N1CCC[C@H](OCCN)C1. The molecule has 0 spiro atoms. The van der Waals surface area contributed by atoms with E-state index in [-0.39, 0.29) is 12.0 Å². The van der Waals surface area contributed by atoms with Crippen molar-refractivity contribution in [2.45, 2.75) is 25.9 Å². The molecule has 0 saturated carbocycles. The summed E-state index contributed by atoms with van der Waals surface area (Å²) in [5.41, 5.74) is 5.33. The third kappa shape index (κ3) is 3.32. The Morgan fingerprint density at radius 2 is 2.46 bits per heavy atom. The van der Waals surface area contributed by atoms with Gasteiger partial charge in [-0.3, -0.25) is 4.79 Å². The van der Waals surface area contributed by atoms with Crippen LogP contribution in [0.25, 0.3) is 0 Å². The zero-order valence-electron chi connectivity index (χ0n) is 8.16. The van der Waals surface area contributed by atoms with Crippen LogP contribution in [0, 0.1) is 0 Å². The van der Waals surface area contributed by atoms with Crippen molar-refractivity contribution in [3.63, 3.8) is 0 Å². The monoisotopic (exact) mass is 186 g/mol. The van der Waals surface area contributed by atoms with Crippen LogP contribution in [0.1, 0.15) is 19.8 Å². The van der Waals surface area contributed by atoms with Gasteiger partial charge in [0.05, 0.1) is 12.7 Å². The largest absolute Gasteiger partial charge is 0.375 e. The quantitative estimate of drug-likeness (QED) is 0.673. The Balaban J connectivity index is 2.29. The van der Waals surface area contributed by atoms with Crippen molar-refractivity contribution in [1.29, 1.82) is 0 Å². The van der Waals surface area contributed by atoms with Gasteiger partial charge in [-0.2, -0.15) is 0 Å². The van der Waals surface area contributed by atoms with Crippen LogP contribution in [0.4, 0.5) is 0 Å². The molecule has 1 amide bonds. The van der Waals surface area contributed by atoms with E-state index in [0.717, 1.165) is 25.9 Å². The first-order valence-corrected chi connectivity index (χ1v) is 4.81. The average Bonchev–Trinajstić information content (AvgIpc) is 2.15. The Hall–Kier alpha value is -0.610. The van der Waals surface area contributed by atoms with E-state index >= 15 is 0 Å². The van der Waals surface area contributed by atoms with Crippen molar-refractivity contribution in [3.05, 3.63) is 0 Å². The van der Waals surface area contributed by atoms with E-state index in [2.05, 4.69) is 0 Å². The highest BCUT2D eigenvalue weighted by Crippen LogP contribution is 2.12. The fourth-order valence-corrected chi connectivity index (χ4v) is 1.59. The predicted molar refractivity (Wildman–Crippen MR) is 50.3 cm³/mol. The minimum Gasteiger partial charge on any atom is -0.375 e. The summed E-state index contributed by atoms with van der Waals surface area (Å²) in [5, 5.41) is 0. The molecular formula is C9H18N2O2. The van der Waals surface area contributed by atoms with Crippen molar-refractivity contribution in [3.8, 4) is 0 Å². The molecule has 2 N–H and O–H groups in total.